The van der Waals surface area contributed by atoms with E-state index in [0.717, 1.165) is 46.3 Å². The summed E-state index contributed by atoms with van der Waals surface area (Å²) in [5.41, 5.74) is 5.45. The van der Waals surface area contributed by atoms with E-state index in [9.17, 15) is 4.79 Å². The molecule has 1 heterocycles. The first-order chi connectivity index (χ1) is 18.1. The van der Waals surface area contributed by atoms with Crippen LogP contribution in [0.15, 0.2) is 97.1 Å². The predicted octanol–water partition coefficient (Wildman–Crippen LogP) is 7.50. The first-order valence-corrected chi connectivity index (χ1v) is 12.5. The maximum atomic E-state index is 13.2. The lowest BCUT2D eigenvalue weighted by atomic mass is 9.94. The quantitative estimate of drug-likeness (QED) is 0.251. The van der Waals surface area contributed by atoms with Gasteiger partial charge in [0, 0.05) is 23.2 Å². The molecule has 5 aromatic rings. The molecular weight excluding hydrogens is 458 g/mol. The van der Waals surface area contributed by atoms with Gasteiger partial charge in [0.15, 0.2) is 0 Å². The molecule has 4 aromatic carbocycles. The standard InChI is InChI=1S/C32H27N3O2/c1-22-10-13-24(14-11-22)32(18-19-32)31(36)33-25-8-5-9-26(20-25)37-27-15-16-28-29(34-35-30(28)21-27)17-12-23-6-3-2-4-7-23/h2-17,20-21H,18-19H2,1H3,(H,33,36)(H,34,35)/b17-12+. The van der Waals surface area contributed by atoms with E-state index < -0.39 is 5.41 Å². The number of benzene rings is 4. The van der Waals surface area contributed by atoms with Crippen molar-refractivity contribution in [1.82, 2.24) is 10.2 Å². The lowest BCUT2D eigenvalue weighted by molar-refractivity contribution is -0.118. The molecule has 0 atom stereocenters. The Hall–Kier alpha value is -4.64. The Morgan fingerprint density at radius 3 is 2.46 bits per heavy atom. The minimum Gasteiger partial charge on any atom is -0.457 e. The summed E-state index contributed by atoms with van der Waals surface area (Å²) in [4.78, 5) is 13.2. The molecule has 5 heteroatoms. The SMILES string of the molecule is Cc1ccc(C2(C(=O)Nc3cccc(Oc4ccc5c(/C=C/c6ccccc6)n[nH]c5c4)c3)CC2)cc1. The molecule has 5 nitrogen and oxygen atoms in total. The van der Waals surface area contributed by atoms with Gasteiger partial charge in [-0.3, -0.25) is 9.89 Å². The summed E-state index contributed by atoms with van der Waals surface area (Å²) in [6, 6.07) is 31.8. The summed E-state index contributed by atoms with van der Waals surface area (Å²) in [6.45, 7) is 2.06. The van der Waals surface area contributed by atoms with E-state index >= 15 is 0 Å². The average Bonchev–Trinajstić information content (AvgIpc) is 3.64. The Kier molecular flexibility index (Phi) is 5.81. The Balaban J connectivity index is 1.16. The zero-order chi connectivity index (χ0) is 25.2. The molecule has 0 spiro atoms. The fourth-order valence-electron chi connectivity index (χ4n) is 4.62. The number of carbonyl (C=O) groups excluding carboxylic acids is 1. The summed E-state index contributed by atoms with van der Waals surface area (Å²) < 4.78 is 6.13. The minimum absolute atomic E-state index is 0.0310. The number of amides is 1. The normalized spacial score (nSPS) is 14.1. The number of carbonyl (C=O) groups is 1. The Labute approximate surface area is 215 Å². The molecule has 1 aliphatic rings. The van der Waals surface area contributed by atoms with E-state index in [-0.39, 0.29) is 5.91 Å². The zero-order valence-corrected chi connectivity index (χ0v) is 20.6. The van der Waals surface area contributed by atoms with Crippen LogP contribution < -0.4 is 10.1 Å². The summed E-state index contributed by atoms with van der Waals surface area (Å²) in [5.74, 6) is 1.38. The number of hydrogen-bond donors (Lipinski definition) is 2. The number of hydrogen-bond acceptors (Lipinski definition) is 3. The van der Waals surface area contributed by atoms with E-state index in [1.165, 1.54) is 5.56 Å². The number of anilines is 1. The van der Waals surface area contributed by atoms with Crippen molar-refractivity contribution in [3.05, 3.63) is 119 Å². The van der Waals surface area contributed by atoms with Crippen molar-refractivity contribution in [2.75, 3.05) is 5.32 Å². The molecule has 0 radical (unpaired) electrons. The first-order valence-electron chi connectivity index (χ1n) is 12.5. The number of fused-ring (bicyclic) bond motifs is 1. The van der Waals surface area contributed by atoms with Gasteiger partial charge in [-0.1, -0.05) is 72.3 Å². The average molecular weight is 486 g/mol. The van der Waals surface area contributed by atoms with E-state index in [4.69, 9.17) is 4.74 Å². The predicted molar refractivity (Wildman–Crippen MR) is 149 cm³/mol. The van der Waals surface area contributed by atoms with Crippen LogP contribution >= 0.6 is 0 Å². The summed E-state index contributed by atoms with van der Waals surface area (Å²) in [7, 11) is 0. The van der Waals surface area contributed by atoms with Gasteiger partial charge in [-0.05, 0) is 61.2 Å². The molecule has 182 valence electrons. The lowest BCUT2D eigenvalue weighted by Crippen LogP contribution is -2.27. The van der Waals surface area contributed by atoms with Crippen LogP contribution in [0.4, 0.5) is 5.69 Å². The van der Waals surface area contributed by atoms with Crippen LogP contribution in [-0.4, -0.2) is 16.1 Å². The third-order valence-corrected chi connectivity index (χ3v) is 6.91. The zero-order valence-electron chi connectivity index (χ0n) is 20.6. The maximum Gasteiger partial charge on any atom is 0.235 e. The van der Waals surface area contributed by atoms with Gasteiger partial charge in [0.1, 0.15) is 11.5 Å². The van der Waals surface area contributed by atoms with E-state index in [1.807, 2.05) is 72.8 Å². The van der Waals surface area contributed by atoms with Gasteiger partial charge in [-0.2, -0.15) is 5.10 Å². The van der Waals surface area contributed by atoms with Gasteiger partial charge >= 0.3 is 0 Å². The van der Waals surface area contributed by atoms with Crippen LogP contribution in [0.1, 0.15) is 35.2 Å². The highest BCUT2D eigenvalue weighted by Gasteiger charge is 2.51. The van der Waals surface area contributed by atoms with Crippen molar-refractivity contribution in [3.63, 3.8) is 0 Å². The molecule has 1 amide bonds. The van der Waals surface area contributed by atoms with Crippen molar-refractivity contribution < 1.29 is 9.53 Å². The maximum absolute atomic E-state index is 13.2. The topological polar surface area (TPSA) is 67.0 Å². The molecule has 37 heavy (non-hydrogen) atoms. The molecule has 6 rings (SSSR count). The number of aryl methyl sites for hydroxylation is 1. The fourth-order valence-corrected chi connectivity index (χ4v) is 4.62. The van der Waals surface area contributed by atoms with Crippen LogP contribution in [0.5, 0.6) is 11.5 Å². The minimum atomic E-state index is -0.428. The summed E-state index contributed by atoms with van der Waals surface area (Å²) >= 11 is 0. The van der Waals surface area contributed by atoms with Crippen LogP contribution in [-0.2, 0) is 10.2 Å². The number of H-pyrrole nitrogens is 1. The highest BCUT2D eigenvalue weighted by molar-refractivity contribution is 6.01. The number of nitrogens with zero attached hydrogens (tertiary/aromatic N) is 1. The van der Waals surface area contributed by atoms with Crippen LogP contribution in [0.2, 0.25) is 0 Å². The molecule has 1 fully saturated rings. The molecule has 2 N–H and O–H groups in total. The molecule has 1 saturated carbocycles. The molecule has 0 saturated heterocycles. The van der Waals surface area contributed by atoms with E-state index in [1.54, 1.807) is 0 Å². The second-order valence-corrected chi connectivity index (χ2v) is 9.59. The lowest BCUT2D eigenvalue weighted by Gasteiger charge is -2.16. The molecule has 1 aliphatic carbocycles. The van der Waals surface area contributed by atoms with Crippen LogP contribution in [0.3, 0.4) is 0 Å². The molecule has 0 bridgehead atoms. The van der Waals surface area contributed by atoms with Crippen LogP contribution in [0.25, 0.3) is 23.1 Å². The van der Waals surface area contributed by atoms with Gasteiger partial charge < -0.3 is 10.1 Å². The van der Waals surface area contributed by atoms with Crippen molar-refractivity contribution >= 4 is 34.6 Å². The van der Waals surface area contributed by atoms with Crippen LogP contribution in [0, 0.1) is 6.92 Å². The van der Waals surface area contributed by atoms with E-state index in [2.05, 4.69) is 58.8 Å². The van der Waals surface area contributed by atoms with Gasteiger partial charge in [0.25, 0.3) is 0 Å². The van der Waals surface area contributed by atoms with Crippen molar-refractivity contribution in [3.8, 4) is 11.5 Å². The Morgan fingerprint density at radius 2 is 1.68 bits per heavy atom. The number of nitrogens with one attached hydrogen (secondary N) is 2. The third kappa shape index (κ3) is 4.76. The monoisotopic (exact) mass is 485 g/mol. The van der Waals surface area contributed by atoms with Gasteiger partial charge in [-0.15, -0.1) is 0 Å². The van der Waals surface area contributed by atoms with Gasteiger partial charge in [0.05, 0.1) is 16.6 Å². The van der Waals surface area contributed by atoms with Crippen molar-refractivity contribution in [2.45, 2.75) is 25.2 Å². The number of rotatable bonds is 7. The van der Waals surface area contributed by atoms with E-state index in [0.29, 0.717) is 11.5 Å². The van der Waals surface area contributed by atoms with Gasteiger partial charge in [-0.25, -0.2) is 0 Å². The highest BCUT2D eigenvalue weighted by Crippen LogP contribution is 2.49. The highest BCUT2D eigenvalue weighted by atomic mass is 16.5. The number of aromatic nitrogens is 2. The molecule has 0 unspecified atom stereocenters. The summed E-state index contributed by atoms with van der Waals surface area (Å²) in [5, 5.41) is 11.7. The van der Waals surface area contributed by atoms with Crippen molar-refractivity contribution in [1.29, 1.82) is 0 Å². The molecule has 0 aliphatic heterocycles. The first kappa shape index (κ1) is 22.8. The largest absolute Gasteiger partial charge is 0.457 e. The summed E-state index contributed by atoms with van der Waals surface area (Å²) in [6.07, 6.45) is 5.78. The van der Waals surface area contributed by atoms with Gasteiger partial charge in [0.2, 0.25) is 5.91 Å². The second-order valence-electron chi connectivity index (χ2n) is 9.59. The Bertz CT molecular complexity index is 1600. The smallest absolute Gasteiger partial charge is 0.235 e. The number of aromatic amines is 1. The van der Waals surface area contributed by atoms with Crippen molar-refractivity contribution in [2.24, 2.45) is 0 Å². The fraction of sp³-hybridized carbons (Fsp3) is 0.125. The third-order valence-electron chi connectivity index (χ3n) is 6.91. The molecular formula is C32H27N3O2. The second kappa shape index (κ2) is 9.43. The number of ether oxygens (including phenoxy) is 1. The Morgan fingerprint density at radius 1 is 0.892 bits per heavy atom. The molecule has 1 aromatic heterocycles.